The second-order valence-corrected chi connectivity index (χ2v) is 6.19. The Balaban J connectivity index is 2.34. The lowest BCUT2D eigenvalue weighted by atomic mass is 9.83. The second kappa shape index (κ2) is 8.51. The van der Waals surface area contributed by atoms with E-state index in [2.05, 4.69) is 13.2 Å². The number of benzene rings is 1. The van der Waals surface area contributed by atoms with E-state index in [0.29, 0.717) is 25.9 Å². The van der Waals surface area contributed by atoms with E-state index in [1.54, 1.807) is 36.1 Å². The van der Waals surface area contributed by atoms with Gasteiger partial charge in [0.15, 0.2) is 0 Å². The summed E-state index contributed by atoms with van der Waals surface area (Å²) in [5.74, 6) is 0.552. The van der Waals surface area contributed by atoms with Crippen molar-refractivity contribution in [3.63, 3.8) is 0 Å². The van der Waals surface area contributed by atoms with Gasteiger partial charge >= 0.3 is 0 Å². The van der Waals surface area contributed by atoms with Gasteiger partial charge in [-0.25, -0.2) is 0 Å². The molecule has 0 radical (unpaired) electrons. The van der Waals surface area contributed by atoms with Crippen LogP contribution in [-0.4, -0.2) is 48.9 Å². The molecule has 2 unspecified atom stereocenters. The fraction of sp³-hybridized carbons (Fsp3) is 0.400. The van der Waals surface area contributed by atoms with Crippen molar-refractivity contribution in [3.05, 3.63) is 55.1 Å². The van der Waals surface area contributed by atoms with Crippen molar-refractivity contribution >= 4 is 11.8 Å². The lowest BCUT2D eigenvalue weighted by Gasteiger charge is -2.40. The Bertz CT molecular complexity index is 629. The van der Waals surface area contributed by atoms with Gasteiger partial charge < -0.3 is 14.5 Å². The molecule has 0 aromatic heterocycles. The Morgan fingerprint density at radius 2 is 1.88 bits per heavy atom. The molecule has 1 fully saturated rings. The molecule has 1 aromatic carbocycles. The molecular weight excluding hydrogens is 316 g/mol. The van der Waals surface area contributed by atoms with Crippen LogP contribution in [0.2, 0.25) is 0 Å². The molecule has 0 saturated carbocycles. The first-order valence-corrected chi connectivity index (χ1v) is 8.43. The largest absolute Gasteiger partial charge is 0.497 e. The van der Waals surface area contributed by atoms with Crippen molar-refractivity contribution in [1.82, 2.24) is 9.80 Å². The molecule has 0 bridgehead atoms. The number of carbonyl (C=O) groups is 2. The van der Waals surface area contributed by atoms with Gasteiger partial charge in [0.25, 0.3) is 0 Å². The molecule has 5 nitrogen and oxygen atoms in total. The smallest absolute Gasteiger partial charge is 0.228 e. The van der Waals surface area contributed by atoms with Crippen molar-refractivity contribution in [3.8, 4) is 5.75 Å². The third kappa shape index (κ3) is 4.10. The molecule has 1 aromatic rings. The predicted molar refractivity (Wildman–Crippen MR) is 98.2 cm³/mol. The van der Waals surface area contributed by atoms with E-state index in [4.69, 9.17) is 4.74 Å². The summed E-state index contributed by atoms with van der Waals surface area (Å²) in [6, 6.07) is 7.27. The Morgan fingerprint density at radius 3 is 2.40 bits per heavy atom. The molecule has 0 aliphatic carbocycles. The topological polar surface area (TPSA) is 49.9 Å². The minimum absolute atomic E-state index is 0.0277. The molecular formula is C20H26N2O3. The van der Waals surface area contributed by atoms with Gasteiger partial charge in [-0.05, 0) is 24.1 Å². The van der Waals surface area contributed by atoms with Gasteiger partial charge in [0.2, 0.25) is 11.8 Å². The van der Waals surface area contributed by atoms with E-state index in [1.807, 2.05) is 24.3 Å². The monoisotopic (exact) mass is 342 g/mol. The Hall–Kier alpha value is -2.56. The first-order chi connectivity index (χ1) is 12.0. The molecule has 2 amide bonds. The number of nitrogens with zero attached hydrogens (tertiary/aromatic N) is 2. The normalized spacial score (nSPS) is 20.1. The quantitative estimate of drug-likeness (QED) is 0.716. The van der Waals surface area contributed by atoms with Gasteiger partial charge in [-0.15, -0.1) is 13.2 Å². The molecule has 2 atom stereocenters. The third-order valence-electron chi connectivity index (χ3n) is 4.65. The zero-order valence-corrected chi connectivity index (χ0v) is 15.0. The van der Waals surface area contributed by atoms with E-state index in [9.17, 15) is 9.59 Å². The lowest BCUT2D eigenvalue weighted by molar-refractivity contribution is -0.146. The van der Waals surface area contributed by atoms with E-state index < -0.39 is 0 Å². The standard InChI is InChI=1S/C20H26N2O3/c1-5-13-22(14-6-2)20(24)17-11-12-18(23)21(3)19(17)15-7-9-16(25-4)10-8-15/h5-10,17,19H,1-2,11-14H2,3-4H3. The number of hydrogen-bond donors (Lipinski definition) is 0. The van der Waals surface area contributed by atoms with E-state index >= 15 is 0 Å². The molecule has 2 rings (SSSR count). The summed E-state index contributed by atoms with van der Waals surface area (Å²) in [7, 11) is 3.38. The van der Waals surface area contributed by atoms with Crippen molar-refractivity contribution in [1.29, 1.82) is 0 Å². The predicted octanol–water partition coefficient (Wildman–Crippen LogP) is 2.81. The summed E-state index contributed by atoms with van der Waals surface area (Å²) < 4.78 is 5.20. The summed E-state index contributed by atoms with van der Waals surface area (Å²) in [5.41, 5.74) is 0.937. The number of methoxy groups -OCH3 is 1. The molecule has 5 heteroatoms. The van der Waals surface area contributed by atoms with E-state index in [-0.39, 0.29) is 23.8 Å². The van der Waals surface area contributed by atoms with Crippen molar-refractivity contribution < 1.29 is 14.3 Å². The molecule has 0 spiro atoms. The van der Waals surface area contributed by atoms with Gasteiger partial charge in [0, 0.05) is 26.6 Å². The van der Waals surface area contributed by atoms with Gasteiger partial charge in [-0.3, -0.25) is 9.59 Å². The highest BCUT2D eigenvalue weighted by Gasteiger charge is 2.40. The average molecular weight is 342 g/mol. The molecule has 25 heavy (non-hydrogen) atoms. The minimum atomic E-state index is -0.281. The average Bonchev–Trinajstić information content (AvgIpc) is 2.63. The minimum Gasteiger partial charge on any atom is -0.497 e. The maximum atomic E-state index is 13.1. The number of hydrogen-bond acceptors (Lipinski definition) is 3. The fourth-order valence-corrected chi connectivity index (χ4v) is 3.35. The summed E-state index contributed by atoms with van der Waals surface area (Å²) in [5, 5.41) is 0. The summed E-state index contributed by atoms with van der Waals surface area (Å²) in [4.78, 5) is 28.8. The zero-order chi connectivity index (χ0) is 18.4. The molecule has 1 aliphatic rings. The summed E-state index contributed by atoms with van der Waals surface area (Å²) in [6.45, 7) is 8.39. The fourth-order valence-electron chi connectivity index (χ4n) is 3.35. The molecule has 134 valence electrons. The van der Waals surface area contributed by atoms with Crippen molar-refractivity contribution in [2.24, 2.45) is 5.92 Å². The first-order valence-electron chi connectivity index (χ1n) is 8.43. The molecule has 1 heterocycles. The summed E-state index contributed by atoms with van der Waals surface area (Å²) >= 11 is 0. The Labute approximate surface area is 149 Å². The Kier molecular flexibility index (Phi) is 6.39. The van der Waals surface area contributed by atoms with Crippen molar-refractivity contribution in [2.75, 3.05) is 27.2 Å². The van der Waals surface area contributed by atoms with Crippen LogP contribution in [0.3, 0.4) is 0 Å². The highest BCUT2D eigenvalue weighted by Crippen LogP contribution is 2.37. The second-order valence-electron chi connectivity index (χ2n) is 6.19. The number of amides is 2. The van der Waals surface area contributed by atoms with Crippen LogP contribution in [-0.2, 0) is 9.59 Å². The first kappa shape index (κ1) is 18.8. The van der Waals surface area contributed by atoms with Gasteiger partial charge in [0.1, 0.15) is 5.75 Å². The number of likely N-dealkylation sites (tertiary alicyclic amines) is 1. The van der Waals surface area contributed by atoms with Crippen LogP contribution in [0.15, 0.2) is 49.6 Å². The molecule has 1 saturated heterocycles. The summed E-state index contributed by atoms with van der Waals surface area (Å²) in [6.07, 6.45) is 4.35. The van der Waals surface area contributed by atoms with Crippen LogP contribution in [0.1, 0.15) is 24.4 Å². The number of piperidine rings is 1. The van der Waals surface area contributed by atoms with Crippen LogP contribution in [0.4, 0.5) is 0 Å². The van der Waals surface area contributed by atoms with E-state index in [1.165, 1.54) is 0 Å². The van der Waals surface area contributed by atoms with Crippen LogP contribution in [0, 0.1) is 5.92 Å². The number of carbonyl (C=O) groups excluding carboxylic acids is 2. The van der Waals surface area contributed by atoms with Gasteiger partial charge in [-0.1, -0.05) is 24.3 Å². The molecule has 1 aliphatic heterocycles. The highest BCUT2D eigenvalue weighted by molar-refractivity contribution is 5.85. The van der Waals surface area contributed by atoms with Crippen LogP contribution in [0.25, 0.3) is 0 Å². The highest BCUT2D eigenvalue weighted by atomic mass is 16.5. The number of rotatable bonds is 7. The van der Waals surface area contributed by atoms with Crippen LogP contribution >= 0.6 is 0 Å². The van der Waals surface area contributed by atoms with Crippen molar-refractivity contribution in [2.45, 2.75) is 18.9 Å². The third-order valence-corrected chi connectivity index (χ3v) is 4.65. The SMILES string of the molecule is C=CCN(CC=C)C(=O)C1CCC(=O)N(C)C1c1ccc(OC)cc1. The maximum Gasteiger partial charge on any atom is 0.228 e. The Morgan fingerprint density at radius 1 is 1.28 bits per heavy atom. The van der Waals surface area contributed by atoms with Crippen LogP contribution in [0.5, 0.6) is 5.75 Å². The maximum absolute atomic E-state index is 13.1. The van der Waals surface area contributed by atoms with Crippen LogP contribution < -0.4 is 4.74 Å². The van der Waals surface area contributed by atoms with Gasteiger partial charge in [0.05, 0.1) is 19.1 Å². The number of ether oxygens (including phenoxy) is 1. The zero-order valence-electron chi connectivity index (χ0n) is 15.0. The molecule has 0 N–H and O–H groups in total. The lowest BCUT2D eigenvalue weighted by Crippen LogP contribution is -2.47. The van der Waals surface area contributed by atoms with E-state index in [0.717, 1.165) is 11.3 Å². The van der Waals surface area contributed by atoms with Gasteiger partial charge in [-0.2, -0.15) is 0 Å².